The first-order chi connectivity index (χ1) is 10.4. The van der Waals surface area contributed by atoms with Gasteiger partial charge in [-0.1, -0.05) is 122 Å². The van der Waals surface area contributed by atoms with E-state index in [4.69, 9.17) is 5.73 Å². The quantitative estimate of drug-likeness (QED) is 0.249. The molecule has 0 aromatic rings. The Morgan fingerprint density at radius 2 is 0.636 bits per heavy atom. The second-order valence-electron chi connectivity index (χ2n) is 6.76. The molecule has 0 saturated carbocycles. The molecule has 0 fully saturated rings. The number of rotatable bonds is 18. The molecule has 0 spiro atoms. The van der Waals surface area contributed by atoms with Gasteiger partial charge in [-0.3, -0.25) is 0 Å². The van der Waals surface area contributed by atoms with Gasteiger partial charge in [-0.2, -0.15) is 6.54 Å². The van der Waals surface area contributed by atoms with Gasteiger partial charge in [-0.15, -0.1) is 0 Å². The van der Waals surface area contributed by atoms with Crippen LogP contribution in [0.1, 0.15) is 122 Å². The normalized spacial score (nSPS) is 10.6. The van der Waals surface area contributed by atoms with Crippen LogP contribution < -0.4 is 18.9 Å². The van der Waals surface area contributed by atoms with Crippen LogP contribution in [0, 0.1) is 0 Å². The SMILES string of the molecule is CCCCCCCCCCCCCCCCCCCC[NH-].[Li+]. The van der Waals surface area contributed by atoms with Gasteiger partial charge >= 0.3 is 18.9 Å². The molecule has 2 heteroatoms. The molecule has 0 atom stereocenters. The van der Waals surface area contributed by atoms with Gasteiger partial charge in [0.15, 0.2) is 0 Å². The summed E-state index contributed by atoms with van der Waals surface area (Å²) >= 11 is 0. The maximum Gasteiger partial charge on any atom is 1.00 e. The van der Waals surface area contributed by atoms with Gasteiger partial charge in [0.25, 0.3) is 0 Å². The summed E-state index contributed by atoms with van der Waals surface area (Å²) < 4.78 is 0. The molecule has 0 saturated heterocycles. The Morgan fingerprint density at radius 1 is 0.409 bits per heavy atom. The molecule has 22 heavy (non-hydrogen) atoms. The smallest absolute Gasteiger partial charge is 0.677 e. The number of hydrogen-bond donors (Lipinski definition) is 0. The largest absolute Gasteiger partial charge is 1.00 e. The molecule has 1 nitrogen and oxygen atoms in total. The summed E-state index contributed by atoms with van der Waals surface area (Å²) in [6.45, 7) is 2.92. The van der Waals surface area contributed by atoms with Crippen molar-refractivity contribution in [3.05, 3.63) is 5.73 Å². The zero-order valence-electron chi connectivity index (χ0n) is 15.9. The monoisotopic (exact) mass is 303 g/mol. The van der Waals surface area contributed by atoms with E-state index in [1.54, 1.807) is 0 Å². The van der Waals surface area contributed by atoms with Crippen molar-refractivity contribution < 1.29 is 18.9 Å². The number of hydrogen-bond acceptors (Lipinski definition) is 0. The fraction of sp³-hybridized carbons (Fsp3) is 1.00. The molecule has 0 aliphatic heterocycles. The van der Waals surface area contributed by atoms with Crippen LogP contribution >= 0.6 is 0 Å². The van der Waals surface area contributed by atoms with Crippen molar-refractivity contribution in [1.29, 1.82) is 0 Å². The van der Waals surface area contributed by atoms with E-state index >= 15 is 0 Å². The van der Waals surface area contributed by atoms with Crippen LogP contribution in [0.25, 0.3) is 5.73 Å². The van der Waals surface area contributed by atoms with Gasteiger partial charge in [-0.05, 0) is 0 Å². The van der Waals surface area contributed by atoms with Crippen LogP contribution in [0.2, 0.25) is 0 Å². The minimum absolute atomic E-state index is 0. The maximum atomic E-state index is 7.09. The average molecular weight is 304 g/mol. The van der Waals surface area contributed by atoms with Crippen LogP contribution in [0.5, 0.6) is 0 Å². The third-order valence-electron chi connectivity index (χ3n) is 4.53. The summed E-state index contributed by atoms with van der Waals surface area (Å²) in [4.78, 5) is 0. The van der Waals surface area contributed by atoms with Crippen LogP contribution in [0.4, 0.5) is 0 Å². The fourth-order valence-corrected chi connectivity index (χ4v) is 3.03. The van der Waals surface area contributed by atoms with Crippen LogP contribution in [-0.2, 0) is 0 Å². The molecule has 0 aromatic heterocycles. The first-order valence-corrected chi connectivity index (χ1v) is 10.1. The Morgan fingerprint density at radius 3 is 0.864 bits per heavy atom. The molecule has 0 rings (SSSR count). The minimum Gasteiger partial charge on any atom is -0.677 e. The molecular formula is C20H42LiN. The summed E-state index contributed by atoms with van der Waals surface area (Å²) in [6, 6.07) is 0. The second kappa shape index (κ2) is 23.8. The van der Waals surface area contributed by atoms with Gasteiger partial charge in [0, 0.05) is 0 Å². The van der Waals surface area contributed by atoms with Crippen molar-refractivity contribution in [1.82, 2.24) is 0 Å². The van der Waals surface area contributed by atoms with Gasteiger partial charge in [0.2, 0.25) is 0 Å². The molecule has 0 bridgehead atoms. The average Bonchev–Trinajstić information content (AvgIpc) is 2.50. The summed E-state index contributed by atoms with van der Waals surface area (Å²) in [5.74, 6) is 0. The zero-order chi connectivity index (χ0) is 15.4. The molecule has 0 heterocycles. The Labute approximate surface area is 153 Å². The van der Waals surface area contributed by atoms with Crippen LogP contribution in [0.15, 0.2) is 0 Å². The van der Waals surface area contributed by atoms with E-state index in [-0.39, 0.29) is 18.9 Å². The Balaban J connectivity index is 0. The van der Waals surface area contributed by atoms with Crippen molar-refractivity contribution in [3.63, 3.8) is 0 Å². The van der Waals surface area contributed by atoms with E-state index in [0.717, 1.165) is 6.42 Å². The Hall–Kier alpha value is 0.557. The minimum atomic E-state index is 0. The first kappa shape index (κ1) is 24.8. The van der Waals surface area contributed by atoms with E-state index < -0.39 is 0 Å². The van der Waals surface area contributed by atoms with Crippen molar-refractivity contribution in [3.8, 4) is 0 Å². The maximum absolute atomic E-state index is 7.09. The summed E-state index contributed by atoms with van der Waals surface area (Å²) in [7, 11) is 0. The Kier molecular flexibility index (Phi) is 26.9. The summed E-state index contributed by atoms with van der Waals surface area (Å²) in [5, 5.41) is 0. The van der Waals surface area contributed by atoms with E-state index in [0.29, 0.717) is 6.54 Å². The second-order valence-corrected chi connectivity index (χ2v) is 6.76. The van der Waals surface area contributed by atoms with Crippen molar-refractivity contribution >= 4 is 0 Å². The molecule has 128 valence electrons. The summed E-state index contributed by atoms with van der Waals surface area (Å²) in [5.41, 5.74) is 7.09. The standard InChI is InChI=1S/C20H42N.Li/c1-2-3-4-5-6-7-8-9-10-11-12-13-14-15-16-17-18-19-20-21;/h21H,2-20H2,1H3;/q-1;+1. The third kappa shape index (κ3) is 22.8. The van der Waals surface area contributed by atoms with Gasteiger partial charge in [0.1, 0.15) is 0 Å². The van der Waals surface area contributed by atoms with Gasteiger partial charge in [-0.25, -0.2) is 0 Å². The summed E-state index contributed by atoms with van der Waals surface area (Å²) in [6.07, 6.45) is 25.5. The van der Waals surface area contributed by atoms with Gasteiger partial charge < -0.3 is 5.73 Å². The molecule has 0 aliphatic rings. The van der Waals surface area contributed by atoms with E-state index in [1.165, 1.54) is 109 Å². The molecule has 0 unspecified atom stereocenters. The van der Waals surface area contributed by atoms with E-state index in [9.17, 15) is 0 Å². The van der Waals surface area contributed by atoms with Crippen molar-refractivity contribution in [2.45, 2.75) is 122 Å². The molecule has 0 aromatic carbocycles. The van der Waals surface area contributed by atoms with E-state index in [1.807, 2.05) is 0 Å². The number of unbranched alkanes of at least 4 members (excludes halogenated alkanes) is 17. The van der Waals surface area contributed by atoms with Crippen molar-refractivity contribution in [2.75, 3.05) is 6.54 Å². The molecule has 1 N–H and O–H groups in total. The zero-order valence-corrected chi connectivity index (χ0v) is 15.9. The number of nitrogens with one attached hydrogen (secondary N) is 1. The molecule has 0 aliphatic carbocycles. The first-order valence-electron chi connectivity index (χ1n) is 10.1. The predicted molar refractivity (Wildman–Crippen MR) is 98.0 cm³/mol. The molecule has 0 amide bonds. The van der Waals surface area contributed by atoms with Crippen molar-refractivity contribution in [2.24, 2.45) is 0 Å². The Bertz CT molecular complexity index is 155. The molecule has 0 radical (unpaired) electrons. The molecular weight excluding hydrogens is 261 g/mol. The van der Waals surface area contributed by atoms with Crippen LogP contribution in [-0.4, -0.2) is 6.54 Å². The van der Waals surface area contributed by atoms with Gasteiger partial charge in [0.05, 0.1) is 0 Å². The fourth-order valence-electron chi connectivity index (χ4n) is 3.03. The topological polar surface area (TPSA) is 23.8 Å². The van der Waals surface area contributed by atoms with Crippen LogP contribution in [0.3, 0.4) is 0 Å². The van der Waals surface area contributed by atoms with E-state index in [2.05, 4.69) is 6.92 Å². The predicted octanol–water partition coefficient (Wildman–Crippen LogP) is 5.08. The third-order valence-corrected chi connectivity index (χ3v) is 4.53.